The van der Waals surface area contributed by atoms with Crippen molar-refractivity contribution in [2.45, 2.75) is 12.1 Å². The lowest BCUT2D eigenvalue weighted by molar-refractivity contribution is -0.113. The number of aromatic amines is 1. The van der Waals surface area contributed by atoms with E-state index in [0.717, 1.165) is 5.75 Å². The molecule has 0 radical (unpaired) electrons. The van der Waals surface area contributed by atoms with Crippen LogP contribution >= 0.6 is 23.4 Å². The number of thioether (sulfide) groups is 1. The Morgan fingerprint density at radius 2 is 2.00 bits per heavy atom. The maximum absolute atomic E-state index is 12.2. The van der Waals surface area contributed by atoms with Gasteiger partial charge in [0.05, 0.1) is 18.0 Å². The van der Waals surface area contributed by atoms with Gasteiger partial charge in [-0.05, 0) is 49.4 Å². The molecule has 0 aliphatic heterocycles. The molecule has 3 aromatic rings. The van der Waals surface area contributed by atoms with Gasteiger partial charge in [-0.25, -0.2) is 4.98 Å². The summed E-state index contributed by atoms with van der Waals surface area (Å²) in [5, 5.41) is 10.3. The number of nitrogens with one attached hydrogen (secondary N) is 2. The first kappa shape index (κ1) is 19.1. The van der Waals surface area contributed by atoms with Crippen LogP contribution in [0, 0.1) is 0 Å². The van der Waals surface area contributed by atoms with Gasteiger partial charge < -0.3 is 14.8 Å². The third kappa shape index (κ3) is 5.63. The number of nitrogens with zero attached hydrogens (tertiary/aromatic N) is 2. The highest BCUT2D eigenvalue weighted by atomic mass is 35.5. The summed E-state index contributed by atoms with van der Waals surface area (Å²) in [6.07, 6.45) is 1.39. The van der Waals surface area contributed by atoms with Crippen molar-refractivity contribution < 1.29 is 14.3 Å². The standard InChI is InChI=1S/C18H17ClN4O3S/c1-2-25-13-4-6-14(7-5-13)26-16-8-3-12(19)9-15(16)22-17(24)10-27-18-20-11-21-23-18/h3-9,11H,2,10H2,1H3,(H,22,24)(H,20,21,23). The van der Waals surface area contributed by atoms with Crippen molar-refractivity contribution in [3.05, 3.63) is 53.8 Å². The van der Waals surface area contributed by atoms with Crippen LogP contribution in [0.15, 0.2) is 53.9 Å². The Bertz CT molecular complexity index is 888. The zero-order valence-electron chi connectivity index (χ0n) is 14.4. The van der Waals surface area contributed by atoms with Gasteiger partial charge in [0.25, 0.3) is 0 Å². The zero-order chi connectivity index (χ0) is 19.1. The van der Waals surface area contributed by atoms with Crippen LogP contribution < -0.4 is 14.8 Å². The quantitative estimate of drug-likeness (QED) is 0.541. The van der Waals surface area contributed by atoms with Gasteiger partial charge in [-0.15, -0.1) is 0 Å². The number of halogens is 1. The van der Waals surface area contributed by atoms with Gasteiger partial charge in [-0.2, -0.15) is 5.10 Å². The van der Waals surface area contributed by atoms with E-state index in [9.17, 15) is 4.79 Å². The van der Waals surface area contributed by atoms with Crippen LogP contribution in [0.4, 0.5) is 5.69 Å². The molecule has 1 aromatic heterocycles. The van der Waals surface area contributed by atoms with Gasteiger partial charge in [-0.1, -0.05) is 23.4 Å². The number of rotatable bonds is 8. The summed E-state index contributed by atoms with van der Waals surface area (Å²) in [6, 6.07) is 12.3. The molecule has 0 atom stereocenters. The highest BCUT2D eigenvalue weighted by molar-refractivity contribution is 7.99. The molecule has 27 heavy (non-hydrogen) atoms. The number of amides is 1. The van der Waals surface area contributed by atoms with E-state index < -0.39 is 0 Å². The van der Waals surface area contributed by atoms with Gasteiger partial charge in [0.2, 0.25) is 5.91 Å². The van der Waals surface area contributed by atoms with Crippen LogP contribution in [0.1, 0.15) is 6.92 Å². The van der Waals surface area contributed by atoms with Crippen molar-refractivity contribution in [1.29, 1.82) is 0 Å². The van der Waals surface area contributed by atoms with Gasteiger partial charge in [-0.3, -0.25) is 9.89 Å². The lowest BCUT2D eigenvalue weighted by Crippen LogP contribution is -2.14. The molecule has 2 N–H and O–H groups in total. The molecule has 0 saturated heterocycles. The lowest BCUT2D eigenvalue weighted by atomic mass is 10.2. The SMILES string of the molecule is CCOc1ccc(Oc2ccc(Cl)cc2NC(=O)CSc2ncn[nH]2)cc1. The fraction of sp³-hybridized carbons (Fsp3) is 0.167. The predicted octanol–water partition coefficient (Wildman–Crippen LogP) is 4.38. The maximum atomic E-state index is 12.2. The number of ether oxygens (including phenoxy) is 2. The summed E-state index contributed by atoms with van der Waals surface area (Å²) in [5.74, 6) is 1.83. The first-order chi connectivity index (χ1) is 13.1. The molecule has 0 bridgehead atoms. The molecule has 1 heterocycles. The molecule has 0 saturated carbocycles. The van der Waals surface area contributed by atoms with E-state index in [1.54, 1.807) is 30.3 Å². The second-order valence-corrected chi connectivity index (χ2v) is 6.67. The topological polar surface area (TPSA) is 89.1 Å². The van der Waals surface area contributed by atoms with Gasteiger partial charge >= 0.3 is 0 Å². The summed E-state index contributed by atoms with van der Waals surface area (Å²) in [7, 11) is 0. The number of carbonyl (C=O) groups is 1. The molecule has 0 fully saturated rings. The van der Waals surface area contributed by atoms with E-state index >= 15 is 0 Å². The van der Waals surface area contributed by atoms with E-state index in [2.05, 4.69) is 20.5 Å². The first-order valence-corrected chi connectivity index (χ1v) is 9.48. The number of H-pyrrole nitrogens is 1. The third-order valence-electron chi connectivity index (χ3n) is 3.31. The maximum Gasteiger partial charge on any atom is 0.234 e. The second-order valence-electron chi connectivity index (χ2n) is 5.27. The minimum atomic E-state index is -0.213. The van der Waals surface area contributed by atoms with Crippen LogP contribution in [0.2, 0.25) is 5.02 Å². The van der Waals surface area contributed by atoms with Crippen molar-refractivity contribution >= 4 is 35.0 Å². The summed E-state index contributed by atoms with van der Waals surface area (Å²) in [6.45, 7) is 2.52. The highest BCUT2D eigenvalue weighted by Crippen LogP contribution is 2.33. The number of benzene rings is 2. The van der Waals surface area contributed by atoms with Gasteiger partial charge in [0.1, 0.15) is 17.8 Å². The van der Waals surface area contributed by atoms with Crippen molar-refractivity contribution in [2.75, 3.05) is 17.7 Å². The molecule has 9 heteroatoms. The Balaban J connectivity index is 1.67. The number of hydrogen-bond donors (Lipinski definition) is 2. The predicted molar refractivity (Wildman–Crippen MR) is 105 cm³/mol. The number of carbonyl (C=O) groups excluding carboxylic acids is 1. The minimum absolute atomic E-state index is 0.171. The number of anilines is 1. The zero-order valence-corrected chi connectivity index (χ0v) is 16.0. The van der Waals surface area contributed by atoms with E-state index in [-0.39, 0.29) is 11.7 Å². The summed E-state index contributed by atoms with van der Waals surface area (Å²) in [5.41, 5.74) is 0.486. The van der Waals surface area contributed by atoms with Crippen molar-refractivity contribution in [3.63, 3.8) is 0 Å². The lowest BCUT2D eigenvalue weighted by Gasteiger charge is -2.13. The Labute approximate surface area is 165 Å². The average Bonchev–Trinajstić information content (AvgIpc) is 3.18. The Morgan fingerprint density at radius 1 is 1.22 bits per heavy atom. The monoisotopic (exact) mass is 404 g/mol. The van der Waals surface area contributed by atoms with E-state index in [1.165, 1.54) is 18.1 Å². The molecular weight excluding hydrogens is 388 g/mol. The van der Waals surface area contributed by atoms with Crippen LogP contribution in [-0.4, -0.2) is 33.4 Å². The Morgan fingerprint density at radius 3 is 2.70 bits per heavy atom. The fourth-order valence-corrected chi connectivity index (χ4v) is 2.92. The molecule has 140 valence electrons. The summed E-state index contributed by atoms with van der Waals surface area (Å²) < 4.78 is 11.3. The molecule has 0 aliphatic rings. The van der Waals surface area contributed by atoms with Gasteiger partial charge in [0.15, 0.2) is 10.9 Å². The van der Waals surface area contributed by atoms with E-state index in [4.69, 9.17) is 21.1 Å². The average molecular weight is 405 g/mol. The molecule has 7 nitrogen and oxygen atoms in total. The molecule has 1 amide bonds. The summed E-state index contributed by atoms with van der Waals surface area (Å²) >= 11 is 7.31. The number of hydrogen-bond acceptors (Lipinski definition) is 6. The molecule has 0 spiro atoms. The first-order valence-electron chi connectivity index (χ1n) is 8.12. The van der Waals surface area contributed by atoms with Crippen molar-refractivity contribution in [2.24, 2.45) is 0 Å². The van der Waals surface area contributed by atoms with Crippen LogP contribution in [0.3, 0.4) is 0 Å². The van der Waals surface area contributed by atoms with Crippen LogP contribution in [-0.2, 0) is 4.79 Å². The highest BCUT2D eigenvalue weighted by Gasteiger charge is 2.11. The summed E-state index contributed by atoms with van der Waals surface area (Å²) in [4.78, 5) is 16.2. The van der Waals surface area contributed by atoms with Crippen molar-refractivity contribution in [1.82, 2.24) is 15.2 Å². The normalized spacial score (nSPS) is 10.4. The third-order valence-corrected chi connectivity index (χ3v) is 4.42. The van der Waals surface area contributed by atoms with Crippen molar-refractivity contribution in [3.8, 4) is 17.2 Å². The van der Waals surface area contributed by atoms with Gasteiger partial charge in [0, 0.05) is 5.02 Å². The molecule has 0 aliphatic carbocycles. The van der Waals surface area contributed by atoms with Crippen LogP contribution in [0.5, 0.6) is 17.2 Å². The largest absolute Gasteiger partial charge is 0.494 e. The minimum Gasteiger partial charge on any atom is -0.494 e. The fourth-order valence-electron chi connectivity index (χ4n) is 2.17. The molecule has 2 aromatic carbocycles. The smallest absolute Gasteiger partial charge is 0.234 e. The van der Waals surface area contributed by atoms with E-state index in [1.807, 2.05) is 19.1 Å². The Hall–Kier alpha value is -2.71. The number of aromatic nitrogens is 3. The van der Waals surface area contributed by atoms with E-state index in [0.29, 0.717) is 34.0 Å². The van der Waals surface area contributed by atoms with Crippen LogP contribution in [0.25, 0.3) is 0 Å². The molecule has 3 rings (SSSR count). The molecule has 0 unspecified atom stereocenters. The second kappa shape index (κ2) is 9.29. The molecular formula is C18H17ClN4O3S. The Kier molecular flexibility index (Phi) is 6.56.